The van der Waals surface area contributed by atoms with Crippen molar-refractivity contribution in [2.45, 2.75) is 0 Å². The zero-order chi connectivity index (χ0) is 15.1. The summed E-state index contributed by atoms with van der Waals surface area (Å²) in [6.45, 7) is 0. The van der Waals surface area contributed by atoms with Gasteiger partial charge in [0.15, 0.2) is 0 Å². The van der Waals surface area contributed by atoms with E-state index in [-0.39, 0.29) is 5.82 Å². The smallest absolute Gasteiger partial charge is 0.123 e. The normalized spacial score (nSPS) is 11.2. The van der Waals surface area contributed by atoms with Crippen molar-refractivity contribution in [2.75, 3.05) is 0 Å². The number of H-pyrrole nitrogens is 1. The Labute approximate surface area is 126 Å². The number of rotatable bonds is 2. The third-order valence-corrected chi connectivity index (χ3v) is 3.75. The number of aromatic amines is 1. The number of fused-ring (bicyclic) bond motifs is 1. The van der Waals surface area contributed by atoms with E-state index < -0.39 is 0 Å². The van der Waals surface area contributed by atoms with Crippen molar-refractivity contribution in [3.05, 3.63) is 60.9 Å². The number of hydrogen-bond donors (Lipinski definition) is 1. The second-order valence-corrected chi connectivity index (χ2v) is 5.20. The van der Waals surface area contributed by atoms with Crippen LogP contribution in [0.1, 0.15) is 0 Å². The van der Waals surface area contributed by atoms with Gasteiger partial charge < -0.3 is 9.55 Å². The van der Waals surface area contributed by atoms with Gasteiger partial charge in [0.2, 0.25) is 0 Å². The first-order chi connectivity index (χ1) is 10.7. The highest BCUT2D eigenvalue weighted by molar-refractivity contribution is 5.85. The molecule has 2 aromatic carbocycles. The van der Waals surface area contributed by atoms with Crippen LogP contribution in [0.2, 0.25) is 0 Å². The summed E-state index contributed by atoms with van der Waals surface area (Å²) in [6, 6.07) is 12.5. The Hall–Kier alpha value is -2.95. The number of aryl methyl sites for hydroxylation is 1. The number of halogens is 1. The maximum atomic E-state index is 13.5. The third-order valence-electron chi connectivity index (χ3n) is 3.75. The molecule has 22 heavy (non-hydrogen) atoms. The quantitative estimate of drug-likeness (QED) is 0.611. The molecule has 0 radical (unpaired) electrons. The van der Waals surface area contributed by atoms with Crippen LogP contribution in [0, 0.1) is 5.82 Å². The van der Waals surface area contributed by atoms with Gasteiger partial charge in [0.25, 0.3) is 0 Å². The first kappa shape index (κ1) is 12.8. The topological polar surface area (TPSA) is 46.5 Å². The average Bonchev–Trinajstić information content (AvgIpc) is 3.14. The van der Waals surface area contributed by atoms with Gasteiger partial charge in [-0.1, -0.05) is 18.2 Å². The van der Waals surface area contributed by atoms with Crippen molar-refractivity contribution in [2.24, 2.45) is 7.05 Å². The molecule has 0 unspecified atom stereocenters. The molecule has 0 aliphatic rings. The van der Waals surface area contributed by atoms with Crippen molar-refractivity contribution in [1.82, 2.24) is 19.5 Å². The Morgan fingerprint density at radius 3 is 2.82 bits per heavy atom. The molecule has 2 heterocycles. The van der Waals surface area contributed by atoms with Crippen LogP contribution >= 0.6 is 0 Å². The van der Waals surface area contributed by atoms with E-state index in [1.54, 1.807) is 18.7 Å². The van der Waals surface area contributed by atoms with Crippen LogP contribution < -0.4 is 0 Å². The fourth-order valence-corrected chi connectivity index (χ4v) is 2.65. The average molecular weight is 292 g/mol. The summed E-state index contributed by atoms with van der Waals surface area (Å²) in [6.07, 6.45) is 3.41. The molecule has 0 bridgehead atoms. The van der Waals surface area contributed by atoms with E-state index in [2.05, 4.69) is 21.0 Å². The maximum Gasteiger partial charge on any atom is 0.123 e. The van der Waals surface area contributed by atoms with Crippen molar-refractivity contribution >= 4 is 11.0 Å². The van der Waals surface area contributed by atoms with Crippen LogP contribution in [0.4, 0.5) is 4.39 Å². The minimum atomic E-state index is -0.270. The molecule has 4 nitrogen and oxygen atoms in total. The molecule has 0 aliphatic carbocycles. The van der Waals surface area contributed by atoms with E-state index >= 15 is 0 Å². The third kappa shape index (κ3) is 1.98. The van der Waals surface area contributed by atoms with Gasteiger partial charge >= 0.3 is 0 Å². The molecule has 0 fully saturated rings. The number of nitrogens with zero attached hydrogens (tertiary/aromatic N) is 3. The molecule has 0 aliphatic heterocycles. The highest BCUT2D eigenvalue weighted by atomic mass is 19.1. The second-order valence-electron chi connectivity index (χ2n) is 5.20. The van der Waals surface area contributed by atoms with Crippen LogP contribution in [0.15, 0.2) is 55.1 Å². The Bertz CT molecular complexity index is 968. The second kappa shape index (κ2) is 4.80. The highest BCUT2D eigenvalue weighted by Gasteiger charge is 2.12. The lowest BCUT2D eigenvalue weighted by atomic mass is 10.0. The summed E-state index contributed by atoms with van der Waals surface area (Å²) in [4.78, 5) is 11.8. The van der Waals surface area contributed by atoms with Gasteiger partial charge in [0.1, 0.15) is 5.82 Å². The molecular formula is C17H13FN4. The van der Waals surface area contributed by atoms with Gasteiger partial charge in [0, 0.05) is 18.2 Å². The Kier molecular flexibility index (Phi) is 2.79. The Balaban J connectivity index is 1.89. The van der Waals surface area contributed by atoms with E-state index in [0.717, 1.165) is 33.5 Å². The number of benzene rings is 2. The molecule has 0 atom stereocenters. The van der Waals surface area contributed by atoms with Crippen molar-refractivity contribution in [3.8, 4) is 22.5 Å². The molecule has 0 saturated heterocycles. The van der Waals surface area contributed by atoms with E-state index in [1.807, 2.05) is 29.8 Å². The van der Waals surface area contributed by atoms with Crippen LogP contribution in [-0.4, -0.2) is 19.5 Å². The molecule has 5 heteroatoms. The zero-order valence-electron chi connectivity index (χ0n) is 11.9. The minimum absolute atomic E-state index is 0.270. The zero-order valence-corrected chi connectivity index (χ0v) is 11.9. The molecule has 4 rings (SSSR count). The van der Waals surface area contributed by atoms with E-state index in [4.69, 9.17) is 0 Å². The molecule has 1 N–H and O–H groups in total. The van der Waals surface area contributed by atoms with Crippen LogP contribution in [0.5, 0.6) is 0 Å². The van der Waals surface area contributed by atoms with E-state index in [1.165, 1.54) is 12.1 Å². The van der Waals surface area contributed by atoms with E-state index in [0.29, 0.717) is 0 Å². The lowest BCUT2D eigenvalue weighted by Crippen LogP contribution is -1.87. The first-order valence-corrected chi connectivity index (χ1v) is 6.93. The van der Waals surface area contributed by atoms with Crippen LogP contribution in [-0.2, 0) is 7.05 Å². The summed E-state index contributed by atoms with van der Waals surface area (Å²) < 4.78 is 15.4. The molecular weight excluding hydrogens is 279 g/mol. The molecule has 0 saturated carbocycles. The van der Waals surface area contributed by atoms with E-state index in [9.17, 15) is 4.39 Å². The maximum absolute atomic E-state index is 13.5. The predicted molar refractivity (Wildman–Crippen MR) is 83.7 cm³/mol. The predicted octanol–water partition coefficient (Wildman–Crippen LogP) is 3.77. The fraction of sp³-hybridized carbons (Fsp3) is 0.0588. The SMILES string of the molecule is Cn1cnc2ccc(-c3[nH]cnc3-c3cccc(F)c3)cc21. The number of aromatic nitrogens is 4. The lowest BCUT2D eigenvalue weighted by molar-refractivity contribution is 0.628. The van der Waals surface area contributed by atoms with Gasteiger partial charge in [-0.05, 0) is 24.3 Å². The van der Waals surface area contributed by atoms with Crippen molar-refractivity contribution in [3.63, 3.8) is 0 Å². The number of nitrogens with one attached hydrogen (secondary N) is 1. The lowest BCUT2D eigenvalue weighted by Gasteiger charge is -2.04. The molecule has 0 spiro atoms. The Morgan fingerprint density at radius 1 is 1.05 bits per heavy atom. The number of hydrogen-bond acceptors (Lipinski definition) is 2. The van der Waals surface area contributed by atoms with Crippen molar-refractivity contribution < 1.29 is 4.39 Å². The molecule has 0 amide bonds. The molecule has 4 aromatic rings. The summed E-state index contributed by atoms with van der Waals surface area (Å²) >= 11 is 0. The van der Waals surface area contributed by atoms with Gasteiger partial charge in [-0.15, -0.1) is 0 Å². The number of imidazole rings is 2. The van der Waals surface area contributed by atoms with Gasteiger partial charge in [-0.3, -0.25) is 0 Å². The van der Waals surface area contributed by atoms with Gasteiger partial charge in [0.05, 0.1) is 35.1 Å². The van der Waals surface area contributed by atoms with Crippen LogP contribution in [0.25, 0.3) is 33.5 Å². The van der Waals surface area contributed by atoms with Crippen molar-refractivity contribution in [1.29, 1.82) is 0 Å². The fourth-order valence-electron chi connectivity index (χ4n) is 2.65. The minimum Gasteiger partial charge on any atom is -0.344 e. The summed E-state index contributed by atoms with van der Waals surface area (Å²) in [5.74, 6) is -0.270. The summed E-state index contributed by atoms with van der Waals surface area (Å²) in [5, 5.41) is 0. The summed E-state index contributed by atoms with van der Waals surface area (Å²) in [5.41, 5.74) is 5.33. The van der Waals surface area contributed by atoms with Gasteiger partial charge in [-0.25, -0.2) is 14.4 Å². The molecule has 108 valence electrons. The summed E-state index contributed by atoms with van der Waals surface area (Å²) in [7, 11) is 1.96. The molecule has 2 aromatic heterocycles. The van der Waals surface area contributed by atoms with Crippen LogP contribution in [0.3, 0.4) is 0 Å². The monoisotopic (exact) mass is 292 g/mol. The first-order valence-electron chi connectivity index (χ1n) is 6.93. The van der Waals surface area contributed by atoms with Gasteiger partial charge in [-0.2, -0.15) is 0 Å². The Morgan fingerprint density at radius 2 is 1.95 bits per heavy atom. The standard InChI is InChI=1S/C17H13FN4/c1-22-10-21-14-6-5-12(8-15(14)22)17-16(19-9-20-17)11-3-2-4-13(18)7-11/h2-10H,1H3,(H,19,20). The largest absolute Gasteiger partial charge is 0.344 e. The highest BCUT2D eigenvalue weighted by Crippen LogP contribution is 2.30.